The summed E-state index contributed by atoms with van der Waals surface area (Å²) in [5.41, 5.74) is 1.32. The van der Waals surface area contributed by atoms with Crippen LogP contribution in [-0.4, -0.2) is 4.30 Å². The molecule has 1 rings (SSSR count). The number of aryl methyl sites for hydroxylation is 1. The first-order valence-corrected chi connectivity index (χ1v) is 7.29. The third kappa shape index (κ3) is 26.0. The Kier molecular flexibility index (Phi) is 18.4. The zero-order valence-electron chi connectivity index (χ0n) is 10.9. The second kappa shape index (κ2) is 16.1. The van der Waals surface area contributed by atoms with Gasteiger partial charge >= 0.3 is 0 Å². The molecule has 0 nitrogen and oxygen atoms in total. The van der Waals surface area contributed by atoms with Crippen molar-refractivity contribution in [3.63, 3.8) is 0 Å². The first-order valence-electron chi connectivity index (χ1n) is 5.98. The largest absolute Gasteiger partial charge is 0.180 e. The summed E-state index contributed by atoms with van der Waals surface area (Å²) >= 11 is 14.4. The minimum absolute atomic E-state index is 0.750. The van der Waals surface area contributed by atoms with Crippen molar-refractivity contribution in [1.82, 2.24) is 0 Å². The molecule has 3 heteroatoms. The van der Waals surface area contributed by atoms with Gasteiger partial charge in [0.15, 0.2) is 4.30 Å². The van der Waals surface area contributed by atoms with E-state index in [0.717, 1.165) is 0 Å². The topological polar surface area (TPSA) is 0 Å². The lowest BCUT2D eigenvalue weighted by atomic mass is 10.2. The van der Waals surface area contributed by atoms with Gasteiger partial charge in [0.05, 0.1) is 0 Å². The molecule has 0 aliphatic carbocycles. The molecule has 0 bridgehead atoms. The van der Waals surface area contributed by atoms with Crippen molar-refractivity contribution >= 4 is 34.8 Å². The summed E-state index contributed by atoms with van der Waals surface area (Å²) in [5.74, 6) is 0. The molecule has 0 unspecified atom stereocenters. The van der Waals surface area contributed by atoms with Crippen molar-refractivity contribution in [1.29, 1.82) is 0 Å². The molecule has 0 atom stereocenters. The van der Waals surface area contributed by atoms with E-state index in [1.807, 2.05) is 18.2 Å². The van der Waals surface area contributed by atoms with Gasteiger partial charge in [-0.3, -0.25) is 0 Å². The van der Waals surface area contributed by atoms with Crippen LogP contribution in [0.3, 0.4) is 0 Å². The zero-order valence-corrected chi connectivity index (χ0v) is 13.2. The summed E-state index contributed by atoms with van der Waals surface area (Å²) in [6.07, 6.45) is 5.54. The Morgan fingerprint density at radius 3 is 1.41 bits per heavy atom. The van der Waals surface area contributed by atoms with Gasteiger partial charge in [0.2, 0.25) is 0 Å². The Morgan fingerprint density at radius 1 is 0.882 bits per heavy atom. The molecule has 0 aliphatic heterocycles. The van der Waals surface area contributed by atoms with Crippen LogP contribution >= 0.6 is 34.8 Å². The molecule has 0 amide bonds. The fourth-order valence-corrected chi connectivity index (χ4v) is 1.03. The Labute approximate surface area is 121 Å². The predicted molar refractivity (Wildman–Crippen MR) is 82.3 cm³/mol. The highest BCUT2D eigenvalue weighted by atomic mass is 35.6. The van der Waals surface area contributed by atoms with Crippen molar-refractivity contribution in [2.45, 2.75) is 50.7 Å². The van der Waals surface area contributed by atoms with Crippen LogP contribution in [0.5, 0.6) is 0 Å². The lowest BCUT2D eigenvalue weighted by Gasteiger charge is -1.86. The third-order valence-corrected chi connectivity index (χ3v) is 1.90. The van der Waals surface area contributed by atoms with E-state index >= 15 is 0 Å². The van der Waals surface area contributed by atoms with Gasteiger partial charge in [0, 0.05) is 0 Å². The fraction of sp³-hybridized carbons (Fsp3) is 0.571. The lowest BCUT2D eigenvalue weighted by Crippen LogP contribution is -1.66. The molecule has 0 heterocycles. The molecule has 1 aromatic rings. The summed E-state index contributed by atoms with van der Waals surface area (Å²) in [5, 5.41) is 0. The molecule has 0 aromatic heterocycles. The van der Waals surface area contributed by atoms with Gasteiger partial charge in [-0.2, -0.15) is 0 Å². The minimum Gasteiger partial charge on any atom is -0.0874 e. The Morgan fingerprint density at radius 2 is 1.24 bits per heavy atom. The summed E-state index contributed by atoms with van der Waals surface area (Å²) in [7, 11) is 0. The van der Waals surface area contributed by atoms with Gasteiger partial charge in [-0.25, -0.2) is 0 Å². The van der Waals surface area contributed by atoms with Crippen molar-refractivity contribution in [2.75, 3.05) is 0 Å². The Balaban J connectivity index is 0. The Hall–Kier alpha value is 0.0900. The average Bonchev–Trinajstić information content (AvgIpc) is 2.27. The number of hydrogen-bond acceptors (Lipinski definition) is 0. The summed E-state index contributed by atoms with van der Waals surface area (Å²) in [4.78, 5) is 0. The van der Waals surface area contributed by atoms with Crippen molar-refractivity contribution < 1.29 is 0 Å². The molecule has 0 aliphatic rings. The molecule has 17 heavy (non-hydrogen) atoms. The molecular weight excluding hydrogens is 275 g/mol. The van der Waals surface area contributed by atoms with Gasteiger partial charge in [-0.05, 0) is 6.92 Å². The van der Waals surface area contributed by atoms with Gasteiger partial charge < -0.3 is 0 Å². The van der Waals surface area contributed by atoms with Crippen LogP contribution in [0.1, 0.15) is 45.1 Å². The van der Waals surface area contributed by atoms with E-state index < -0.39 is 4.30 Å². The first kappa shape index (κ1) is 19.4. The molecule has 0 fully saturated rings. The van der Waals surface area contributed by atoms with Gasteiger partial charge in [-0.15, -0.1) is 0 Å². The van der Waals surface area contributed by atoms with Crippen LogP contribution < -0.4 is 0 Å². The minimum atomic E-state index is -0.750. The molecule has 0 N–H and O–H groups in total. The monoisotopic (exact) mass is 296 g/mol. The molecule has 0 saturated carbocycles. The van der Waals surface area contributed by atoms with E-state index in [0.29, 0.717) is 0 Å². The number of benzene rings is 1. The molecule has 0 saturated heterocycles. The quantitative estimate of drug-likeness (QED) is 0.437. The summed E-state index contributed by atoms with van der Waals surface area (Å²) in [6, 6.07) is 10.3. The fourth-order valence-electron chi connectivity index (χ4n) is 1.03. The van der Waals surface area contributed by atoms with E-state index in [1.165, 1.54) is 31.2 Å². The van der Waals surface area contributed by atoms with E-state index in [2.05, 4.69) is 32.9 Å². The second-order valence-corrected chi connectivity index (χ2v) is 5.59. The first-order chi connectivity index (χ1) is 8.04. The maximum atomic E-state index is 4.81. The normalized spacial score (nSPS) is 8.88. The van der Waals surface area contributed by atoms with Crippen molar-refractivity contribution in [3.8, 4) is 0 Å². The molecule has 0 radical (unpaired) electrons. The van der Waals surface area contributed by atoms with E-state index in [4.69, 9.17) is 34.8 Å². The molecule has 1 aromatic carbocycles. The highest BCUT2D eigenvalue weighted by Gasteiger charge is 1.79. The SMILES string of the molecule is CCCCCC.Cc1ccccc1.ClC(Cl)Cl. The molecular formula is C14H23Cl3. The Bertz CT molecular complexity index is 215. The average molecular weight is 298 g/mol. The highest BCUT2D eigenvalue weighted by molar-refractivity contribution is 6.63. The maximum Gasteiger partial charge on any atom is 0.180 e. The summed E-state index contributed by atoms with van der Waals surface area (Å²) in [6.45, 7) is 6.55. The van der Waals surface area contributed by atoms with Crippen LogP contribution in [0, 0.1) is 6.92 Å². The summed E-state index contributed by atoms with van der Waals surface area (Å²) < 4.78 is -0.750. The van der Waals surface area contributed by atoms with Crippen molar-refractivity contribution in [3.05, 3.63) is 35.9 Å². The van der Waals surface area contributed by atoms with Crippen molar-refractivity contribution in [2.24, 2.45) is 0 Å². The van der Waals surface area contributed by atoms with E-state index in [9.17, 15) is 0 Å². The van der Waals surface area contributed by atoms with Crippen LogP contribution in [0.4, 0.5) is 0 Å². The third-order valence-electron chi connectivity index (χ3n) is 1.90. The maximum absolute atomic E-state index is 4.81. The van der Waals surface area contributed by atoms with Crippen LogP contribution in [0.2, 0.25) is 0 Å². The smallest absolute Gasteiger partial charge is 0.0874 e. The van der Waals surface area contributed by atoms with E-state index in [-0.39, 0.29) is 0 Å². The molecule has 0 spiro atoms. The highest BCUT2D eigenvalue weighted by Crippen LogP contribution is 2.03. The van der Waals surface area contributed by atoms with Gasteiger partial charge in [0.25, 0.3) is 0 Å². The van der Waals surface area contributed by atoms with E-state index in [1.54, 1.807) is 0 Å². The lowest BCUT2D eigenvalue weighted by molar-refractivity contribution is 0.702. The van der Waals surface area contributed by atoms with Gasteiger partial charge in [-0.1, -0.05) is 110 Å². The molecule has 100 valence electrons. The number of halogens is 3. The second-order valence-electron chi connectivity index (χ2n) is 3.61. The predicted octanol–water partition coefficient (Wildman–Crippen LogP) is 6.57. The van der Waals surface area contributed by atoms with Crippen LogP contribution in [0.25, 0.3) is 0 Å². The van der Waals surface area contributed by atoms with Gasteiger partial charge in [0.1, 0.15) is 0 Å². The number of rotatable bonds is 3. The van der Waals surface area contributed by atoms with Crippen LogP contribution in [0.15, 0.2) is 30.3 Å². The zero-order chi connectivity index (χ0) is 13.5. The van der Waals surface area contributed by atoms with Crippen LogP contribution in [-0.2, 0) is 0 Å². The number of alkyl halides is 3. The standard InChI is InChI=1S/C7H8.C6H14.CHCl3/c1-7-5-3-2-4-6-7;1-3-5-6-4-2;2-1(3)4/h2-6H,1H3;3-6H2,1-2H3;1H. The number of unbranched alkanes of at least 4 members (excludes halogenated alkanes) is 3. The number of hydrogen-bond donors (Lipinski definition) is 0.